The summed E-state index contributed by atoms with van der Waals surface area (Å²) in [7, 11) is 0. The molecule has 11 rings (SSSR count). The lowest BCUT2D eigenvalue weighted by molar-refractivity contribution is 1.18. The average Bonchev–Trinajstić information content (AvgIpc) is 3.69. The molecular formula is C60H42N2. The molecule has 0 N–H and O–H groups in total. The summed E-state index contributed by atoms with van der Waals surface area (Å²) < 4.78 is 2.38. The van der Waals surface area contributed by atoms with Gasteiger partial charge in [0.05, 0.1) is 16.7 Å². The second kappa shape index (κ2) is 16.1. The van der Waals surface area contributed by atoms with Crippen molar-refractivity contribution in [2.24, 2.45) is 0 Å². The number of nitrogens with zero attached hydrogens (tertiary/aromatic N) is 2. The molecule has 0 saturated heterocycles. The molecular weight excluding hydrogens is 749 g/mol. The number of rotatable bonds is 9. The molecule has 10 aromatic carbocycles. The van der Waals surface area contributed by atoms with E-state index in [0.29, 0.717) is 0 Å². The van der Waals surface area contributed by atoms with Crippen LogP contribution in [-0.4, -0.2) is 4.57 Å². The summed E-state index contributed by atoms with van der Waals surface area (Å²) in [6.45, 7) is 0. The number of anilines is 3. The van der Waals surface area contributed by atoms with Gasteiger partial charge < -0.3 is 9.47 Å². The summed E-state index contributed by atoms with van der Waals surface area (Å²) in [6, 6.07) is 92.2. The predicted octanol–water partition coefficient (Wildman–Crippen LogP) is 16.6. The van der Waals surface area contributed by atoms with Gasteiger partial charge in [-0.1, -0.05) is 194 Å². The molecule has 0 spiro atoms. The number of aromatic nitrogens is 1. The van der Waals surface area contributed by atoms with Crippen molar-refractivity contribution < 1.29 is 0 Å². The van der Waals surface area contributed by atoms with Crippen LogP contribution in [0.5, 0.6) is 0 Å². The van der Waals surface area contributed by atoms with E-state index in [9.17, 15) is 0 Å². The monoisotopic (exact) mass is 790 g/mol. The molecule has 1 heterocycles. The van der Waals surface area contributed by atoms with Crippen LogP contribution in [0.4, 0.5) is 17.1 Å². The molecule has 62 heavy (non-hydrogen) atoms. The van der Waals surface area contributed by atoms with Gasteiger partial charge in [-0.25, -0.2) is 0 Å². The molecule has 11 aromatic rings. The Morgan fingerprint density at radius 3 is 1.42 bits per heavy atom. The van der Waals surface area contributed by atoms with Crippen molar-refractivity contribution in [2.45, 2.75) is 0 Å². The van der Waals surface area contributed by atoms with Gasteiger partial charge in [-0.3, -0.25) is 0 Å². The van der Waals surface area contributed by atoms with Gasteiger partial charge in [-0.05, 0) is 111 Å². The van der Waals surface area contributed by atoms with Crippen LogP contribution in [0.1, 0.15) is 0 Å². The van der Waals surface area contributed by atoms with E-state index < -0.39 is 0 Å². The molecule has 2 nitrogen and oxygen atoms in total. The van der Waals surface area contributed by atoms with Crippen LogP contribution in [0.2, 0.25) is 0 Å². The molecule has 0 amide bonds. The Bertz CT molecular complexity index is 3330. The lowest BCUT2D eigenvalue weighted by Gasteiger charge is -2.30. The van der Waals surface area contributed by atoms with Crippen LogP contribution >= 0.6 is 0 Å². The van der Waals surface area contributed by atoms with Crippen LogP contribution in [0, 0.1) is 0 Å². The highest BCUT2D eigenvalue weighted by Gasteiger charge is 2.23. The Kier molecular flexibility index (Phi) is 9.57. The first kappa shape index (κ1) is 36.8. The molecule has 0 atom stereocenters. The lowest BCUT2D eigenvalue weighted by atomic mass is 9.87. The van der Waals surface area contributed by atoms with Gasteiger partial charge in [-0.2, -0.15) is 0 Å². The standard InChI is InChI=1S/C60H42N2/c1-5-20-43(21-6-1)46-26-17-30-50(40-46)61(59-37-19-35-53(45-24-9-3-10-25-45)60(59)55-34-14-13-32-52(55)44-22-7-2-8-23-44)51-31-18-27-47(41-51)48-38-39-58-56(42-48)54-33-15-16-36-57(54)62(58)49-28-11-4-12-29-49/h1-42H. The normalized spacial score (nSPS) is 11.2. The SMILES string of the molecule is c1ccc(-c2cccc(N(c3cccc(-c4ccc5c(c4)c4ccccc4n5-c4ccccc4)c3)c3cccc(-c4ccccc4)c3-c3ccccc3-c3ccccc3)c2)cc1. The van der Waals surface area contributed by atoms with Crippen molar-refractivity contribution in [1.29, 1.82) is 0 Å². The third-order valence-electron chi connectivity index (χ3n) is 12.0. The first-order valence-electron chi connectivity index (χ1n) is 21.3. The van der Waals surface area contributed by atoms with Gasteiger partial charge >= 0.3 is 0 Å². The number of fused-ring (bicyclic) bond motifs is 3. The van der Waals surface area contributed by atoms with E-state index in [-0.39, 0.29) is 0 Å². The van der Waals surface area contributed by atoms with Crippen molar-refractivity contribution in [3.05, 3.63) is 255 Å². The summed E-state index contributed by atoms with van der Waals surface area (Å²) in [5, 5.41) is 2.47. The zero-order valence-corrected chi connectivity index (χ0v) is 34.1. The molecule has 0 radical (unpaired) electrons. The summed E-state index contributed by atoms with van der Waals surface area (Å²) >= 11 is 0. The van der Waals surface area contributed by atoms with Crippen LogP contribution in [0.25, 0.3) is 83.1 Å². The predicted molar refractivity (Wildman–Crippen MR) is 263 cm³/mol. The molecule has 292 valence electrons. The van der Waals surface area contributed by atoms with Gasteiger partial charge in [0.1, 0.15) is 0 Å². The van der Waals surface area contributed by atoms with Crippen molar-refractivity contribution in [2.75, 3.05) is 4.90 Å². The minimum atomic E-state index is 1.07. The third-order valence-corrected chi connectivity index (χ3v) is 12.0. The molecule has 1 aromatic heterocycles. The summed E-state index contributed by atoms with van der Waals surface area (Å²) in [5.41, 5.74) is 18.5. The van der Waals surface area contributed by atoms with Crippen LogP contribution in [0.15, 0.2) is 255 Å². The average molecular weight is 791 g/mol. The Morgan fingerprint density at radius 2 is 0.742 bits per heavy atom. The van der Waals surface area contributed by atoms with E-state index in [1.165, 1.54) is 66.3 Å². The molecule has 2 heteroatoms. The van der Waals surface area contributed by atoms with Crippen LogP contribution in [-0.2, 0) is 0 Å². The molecule has 0 bridgehead atoms. The van der Waals surface area contributed by atoms with Gasteiger partial charge in [-0.15, -0.1) is 0 Å². The Balaban J connectivity index is 1.15. The maximum Gasteiger partial charge on any atom is 0.0546 e. The second-order valence-electron chi connectivity index (χ2n) is 15.7. The Labute approximate surface area is 362 Å². The zero-order valence-electron chi connectivity index (χ0n) is 34.1. The molecule has 0 fully saturated rings. The Hall–Kier alpha value is -8.20. The second-order valence-corrected chi connectivity index (χ2v) is 15.7. The maximum absolute atomic E-state index is 2.46. The van der Waals surface area contributed by atoms with Crippen molar-refractivity contribution in [3.63, 3.8) is 0 Å². The first-order chi connectivity index (χ1) is 30.8. The highest BCUT2D eigenvalue weighted by atomic mass is 15.1. The Morgan fingerprint density at radius 1 is 0.274 bits per heavy atom. The number of para-hydroxylation sites is 2. The fraction of sp³-hybridized carbons (Fsp3) is 0. The molecule has 0 aliphatic heterocycles. The van der Waals surface area contributed by atoms with Crippen molar-refractivity contribution in [3.8, 4) is 61.3 Å². The summed E-state index contributed by atoms with van der Waals surface area (Å²) in [5.74, 6) is 0. The number of hydrogen-bond acceptors (Lipinski definition) is 1. The molecule has 0 saturated carbocycles. The van der Waals surface area contributed by atoms with E-state index in [1.54, 1.807) is 0 Å². The fourth-order valence-corrected chi connectivity index (χ4v) is 9.15. The van der Waals surface area contributed by atoms with E-state index in [0.717, 1.165) is 33.9 Å². The fourth-order valence-electron chi connectivity index (χ4n) is 9.15. The van der Waals surface area contributed by atoms with Gasteiger partial charge in [0.2, 0.25) is 0 Å². The van der Waals surface area contributed by atoms with Gasteiger partial charge in [0.25, 0.3) is 0 Å². The van der Waals surface area contributed by atoms with Crippen molar-refractivity contribution in [1.82, 2.24) is 4.57 Å². The summed E-state index contributed by atoms with van der Waals surface area (Å²) in [4.78, 5) is 2.46. The largest absolute Gasteiger partial charge is 0.310 e. The van der Waals surface area contributed by atoms with E-state index >= 15 is 0 Å². The van der Waals surface area contributed by atoms with Crippen LogP contribution in [0.3, 0.4) is 0 Å². The summed E-state index contributed by atoms with van der Waals surface area (Å²) in [6.07, 6.45) is 0. The molecule has 0 aliphatic rings. The zero-order chi connectivity index (χ0) is 41.2. The third kappa shape index (κ3) is 6.74. The van der Waals surface area contributed by atoms with Gasteiger partial charge in [0, 0.05) is 33.4 Å². The van der Waals surface area contributed by atoms with E-state index in [2.05, 4.69) is 264 Å². The van der Waals surface area contributed by atoms with Crippen LogP contribution < -0.4 is 4.90 Å². The molecule has 0 unspecified atom stereocenters. The number of hydrogen-bond donors (Lipinski definition) is 0. The van der Waals surface area contributed by atoms with E-state index in [4.69, 9.17) is 0 Å². The van der Waals surface area contributed by atoms with Gasteiger partial charge in [0.15, 0.2) is 0 Å². The minimum Gasteiger partial charge on any atom is -0.310 e. The number of benzene rings is 10. The molecule has 0 aliphatic carbocycles. The topological polar surface area (TPSA) is 8.17 Å². The highest BCUT2D eigenvalue weighted by molar-refractivity contribution is 6.10. The smallest absolute Gasteiger partial charge is 0.0546 e. The first-order valence-corrected chi connectivity index (χ1v) is 21.3. The van der Waals surface area contributed by atoms with Crippen molar-refractivity contribution >= 4 is 38.9 Å². The maximum atomic E-state index is 2.46. The highest BCUT2D eigenvalue weighted by Crippen LogP contribution is 2.49. The minimum absolute atomic E-state index is 1.07. The quantitative estimate of drug-likeness (QED) is 0.141. The lowest BCUT2D eigenvalue weighted by Crippen LogP contribution is -2.12. The van der Waals surface area contributed by atoms with E-state index in [1.807, 2.05) is 0 Å².